The van der Waals surface area contributed by atoms with Crippen LogP contribution < -0.4 is 0 Å². The summed E-state index contributed by atoms with van der Waals surface area (Å²) in [5, 5.41) is 0. The number of carbonyl (C=O) groups excluding carboxylic acids is 1. The predicted molar refractivity (Wildman–Crippen MR) is 55.8 cm³/mol. The summed E-state index contributed by atoms with van der Waals surface area (Å²) in [5.74, 6) is 0. The fraction of sp³-hybridized carbons (Fsp3) is 0.909. The van der Waals surface area contributed by atoms with Crippen molar-refractivity contribution in [1.82, 2.24) is 0 Å². The smallest absolute Gasteiger partial charge is 0.431 e. The Bertz CT molecular complexity index is 187. The van der Waals surface area contributed by atoms with E-state index in [4.69, 9.17) is 14.2 Å². The van der Waals surface area contributed by atoms with E-state index in [1.165, 1.54) is 0 Å². The molecule has 0 spiro atoms. The molecule has 88 valence electrons. The monoisotopic (exact) mass is 216 g/mol. The molecule has 0 aromatic rings. The summed E-state index contributed by atoms with van der Waals surface area (Å²) in [6, 6.07) is 0. The van der Waals surface area contributed by atoms with Gasteiger partial charge in [-0.25, -0.2) is 4.79 Å². The third-order valence-corrected chi connectivity index (χ3v) is 2.42. The quantitative estimate of drug-likeness (QED) is 0.677. The van der Waals surface area contributed by atoms with E-state index in [2.05, 4.69) is 6.92 Å². The van der Waals surface area contributed by atoms with E-state index >= 15 is 0 Å². The van der Waals surface area contributed by atoms with Gasteiger partial charge in [0.05, 0.1) is 13.2 Å². The fourth-order valence-corrected chi connectivity index (χ4v) is 1.59. The minimum atomic E-state index is -0.539. The largest absolute Gasteiger partial charge is 0.508 e. The first-order valence-corrected chi connectivity index (χ1v) is 5.67. The molecule has 1 atom stereocenters. The molecule has 0 aromatic carbocycles. The number of ether oxygens (including phenoxy) is 3. The summed E-state index contributed by atoms with van der Waals surface area (Å²) in [7, 11) is 0. The Morgan fingerprint density at radius 1 is 1.47 bits per heavy atom. The Morgan fingerprint density at radius 2 is 2.13 bits per heavy atom. The Hall–Kier alpha value is -0.770. The number of hydrogen-bond donors (Lipinski definition) is 0. The molecule has 4 nitrogen and oxygen atoms in total. The third-order valence-electron chi connectivity index (χ3n) is 2.42. The van der Waals surface area contributed by atoms with Gasteiger partial charge in [0.15, 0.2) is 0 Å². The van der Waals surface area contributed by atoms with Crippen LogP contribution in [0.1, 0.15) is 39.5 Å². The molecular weight excluding hydrogens is 196 g/mol. The molecule has 1 aliphatic heterocycles. The van der Waals surface area contributed by atoms with Crippen molar-refractivity contribution in [2.24, 2.45) is 0 Å². The molecule has 0 aliphatic carbocycles. The molecular formula is C11H20O4. The van der Waals surface area contributed by atoms with E-state index < -0.39 is 6.16 Å². The van der Waals surface area contributed by atoms with Gasteiger partial charge < -0.3 is 14.2 Å². The molecule has 4 heteroatoms. The lowest BCUT2D eigenvalue weighted by Crippen LogP contribution is -2.27. The van der Waals surface area contributed by atoms with Crippen LogP contribution in [-0.2, 0) is 14.2 Å². The molecule has 0 saturated carbocycles. The van der Waals surface area contributed by atoms with Crippen molar-refractivity contribution in [3.63, 3.8) is 0 Å². The SMILES string of the molecule is CCCC(C)OC(=O)OC1CCOCC1. The van der Waals surface area contributed by atoms with Crippen LogP contribution in [0.2, 0.25) is 0 Å². The van der Waals surface area contributed by atoms with Crippen LogP contribution in [0, 0.1) is 0 Å². The standard InChI is InChI=1S/C11H20O4/c1-3-4-9(2)14-11(12)15-10-5-7-13-8-6-10/h9-10H,3-8H2,1-2H3. The molecule has 0 bridgehead atoms. The predicted octanol–water partition coefficient (Wildman–Crippen LogP) is 2.51. The molecule has 1 aliphatic rings. The maximum absolute atomic E-state index is 11.3. The number of carbonyl (C=O) groups is 1. The number of hydrogen-bond acceptors (Lipinski definition) is 4. The van der Waals surface area contributed by atoms with Gasteiger partial charge in [0, 0.05) is 12.8 Å². The van der Waals surface area contributed by atoms with Gasteiger partial charge >= 0.3 is 6.16 Å². The fourth-order valence-electron chi connectivity index (χ4n) is 1.59. The van der Waals surface area contributed by atoms with E-state index in [1.807, 2.05) is 6.92 Å². The topological polar surface area (TPSA) is 44.8 Å². The van der Waals surface area contributed by atoms with Crippen LogP contribution in [0.4, 0.5) is 4.79 Å². The summed E-state index contributed by atoms with van der Waals surface area (Å²) >= 11 is 0. The minimum Gasteiger partial charge on any atom is -0.431 e. The summed E-state index contributed by atoms with van der Waals surface area (Å²) in [4.78, 5) is 11.3. The van der Waals surface area contributed by atoms with E-state index in [0.717, 1.165) is 25.7 Å². The first-order valence-electron chi connectivity index (χ1n) is 5.67. The van der Waals surface area contributed by atoms with Gasteiger partial charge in [-0.3, -0.25) is 0 Å². The van der Waals surface area contributed by atoms with Gasteiger partial charge in [-0.2, -0.15) is 0 Å². The zero-order valence-electron chi connectivity index (χ0n) is 9.53. The second kappa shape index (κ2) is 6.67. The summed E-state index contributed by atoms with van der Waals surface area (Å²) in [6.45, 7) is 5.28. The average Bonchev–Trinajstić information content (AvgIpc) is 2.19. The molecule has 1 fully saturated rings. The maximum Gasteiger partial charge on any atom is 0.508 e. The van der Waals surface area contributed by atoms with Crippen molar-refractivity contribution in [2.45, 2.75) is 51.7 Å². The Labute approximate surface area is 90.9 Å². The molecule has 15 heavy (non-hydrogen) atoms. The van der Waals surface area contributed by atoms with Crippen LogP contribution in [0.3, 0.4) is 0 Å². The Morgan fingerprint density at radius 3 is 2.73 bits per heavy atom. The highest BCUT2D eigenvalue weighted by Crippen LogP contribution is 2.12. The molecule has 1 heterocycles. The molecule has 0 radical (unpaired) electrons. The van der Waals surface area contributed by atoms with Crippen molar-refractivity contribution in [3.05, 3.63) is 0 Å². The second-order valence-electron chi connectivity index (χ2n) is 3.90. The van der Waals surface area contributed by atoms with Crippen LogP contribution in [-0.4, -0.2) is 31.6 Å². The zero-order valence-corrected chi connectivity index (χ0v) is 9.53. The normalized spacial score (nSPS) is 19.6. The van der Waals surface area contributed by atoms with Gasteiger partial charge in [-0.15, -0.1) is 0 Å². The van der Waals surface area contributed by atoms with Crippen molar-refractivity contribution < 1.29 is 19.0 Å². The molecule has 1 saturated heterocycles. The minimum absolute atomic E-state index is 0.0277. The van der Waals surface area contributed by atoms with Gasteiger partial charge in [0.2, 0.25) is 0 Å². The van der Waals surface area contributed by atoms with Crippen molar-refractivity contribution in [3.8, 4) is 0 Å². The first-order chi connectivity index (χ1) is 7.22. The maximum atomic E-state index is 11.3. The molecule has 0 aromatic heterocycles. The highest BCUT2D eigenvalue weighted by atomic mass is 16.7. The summed E-state index contributed by atoms with van der Waals surface area (Å²) in [5.41, 5.74) is 0. The van der Waals surface area contributed by atoms with Crippen LogP contribution >= 0.6 is 0 Å². The van der Waals surface area contributed by atoms with Gasteiger partial charge in [-0.05, 0) is 13.3 Å². The van der Waals surface area contributed by atoms with Crippen LogP contribution in [0.15, 0.2) is 0 Å². The molecule has 1 unspecified atom stereocenters. The van der Waals surface area contributed by atoms with Gasteiger partial charge in [-0.1, -0.05) is 13.3 Å². The Balaban J connectivity index is 2.16. The van der Waals surface area contributed by atoms with Gasteiger partial charge in [0.25, 0.3) is 0 Å². The van der Waals surface area contributed by atoms with Crippen LogP contribution in [0.25, 0.3) is 0 Å². The molecule has 0 amide bonds. The first kappa shape index (κ1) is 12.3. The lowest BCUT2D eigenvalue weighted by atomic mass is 10.2. The van der Waals surface area contributed by atoms with Crippen molar-refractivity contribution in [2.75, 3.05) is 13.2 Å². The lowest BCUT2D eigenvalue weighted by molar-refractivity contribution is -0.0383. The van der Waals surface area contributed by atoms with Crippen molar-refractivity contribution in [1.29, 1.82) is 0 Å². The molecule has 1 rings (SSSR count). The van der Waals surface area contributed by atoms with E-state index in [0.29, 0.717) is 13.2 Å². The lowest BCUT2D eigenvalue weighted by Gasteiger charge is -2.22. The van der Waals surface area contributed by atoms with E-state index in [-0.39, 0.29) is 12.2 Å². The zero-order chi connectivity index (χ0) is 11.1. The average molecular weight is 216 g/mol. The van der Waals surface area contributed by atoms with Crippen LogP contribution in [0.5, 0.6) is 0 Å². The highest BCUT2D eigenvalue weighted by Gasteiger charge is 2.19. The number of rotatable bonds is 4. The second-order valence-corrected chi connectivity index (χ2v) is 3.90. The highest BCUT2D eigenvalue weighted by molar-refractivity contribution is 5.60. The van der Waals surface area contributed by atoms with Gasteiger partial charge in [0.1, 0.15) is 12.2 Å². The van der Waals surface area contributed by atoms with Crippen molar-refractivity contribution >= 4 is 6.16 Å². The Kier molecular flexibility index (Phi) is 5.47. The third kappa shape index (κ3) is 5.02. The summed E-state index contributed by atoms with van der Waals surface area (Å²) in [6.07, 6.45) is 2.81. The summed E-state index contributed by atoms with van der Waals surface area (Å²) < 4.78 is 15.4. The molecule has 0 N–H and O–H groups in total. The van der Waals surface area contributed by atoms with E-state index in [9.17, 15) is 4.79 Å². The van der Waals surface area contributed by atoms with E-state index in [1.54, 1.807) is 0 Å².